The average molecular weight is 241 g/mol. The van der Waals surface area contributed by atoms with Crippen LogP contribution in [0.2, 0.25) is 0 Å². The summed E-state index contributed by atoms with van der Waals surface area (Å²) < 4.78 is 11.6. The van der Waals surface area contributed by atoms with E-state index in [4.69, 9.17) is 9.47 Å². The van der Waals surface area contributed by atoms with Gasteiger partial charge in [0.2, 0.25) is 0 Å². The van der Waals surface area contributed by atoms with E-state index < -0.39 is 0 Å². The van der Waals surface area contributed by atoms with E-state index in [1.165, 1.54) is 32.1 Å². The molecule has 100 valence electrons. The second kappa shape index (κ2) is 6.72. The highest BCUT2D eigenvalue weighted by atomic mass is 16.5. The third kappa shape index (κ3) is 3.67. The van der Waals surface area contributed by atoms with Crippen molar-refractivity contribution in [2.24, 2.45) is 11.8 Å². The summed E-state index contributed by atoms with van der Waals surface area (Å²) in [6.07, 6.45) is 6.97. The van der Waals surface area contributed by atoms with Crippen molar-refractivity contribution >= 4 is 0 Å². The minimum absolute atomic E-state index is 0.464. The van der Waals surface area contributed by atoms with Crippen LogP contribution in [-0.2, 0) is 9.47 Å². The largest absolute Gasteiger partial charge is 0.381 e. The van der Waals surface area contributed by atoms with Crippen LogP contribution in [0, 0.1) is 11.8 Å². The molecule has 4 atom stereocenters. The van der Waals surface area contributed by atoms with E-state index in [1.807, 2.05) is 7.05 Å². The Morgan fingerprint density at radius 2 is 2.12 bits per heavy atom. The quantitative estimate of drug-likeness (QED) is 0.800. The zero-order valence-electron chi connectivity index (χ0n) is 11.3. The fraction of sp³-hybridized carbons (Fsp3) is 1.00. The van der Waals surface area contributed by atoms with Gasteiger partial charge in [0.05, 0.1) is 19.3 Å². The molecule has 1 aliphatic heterocycles. The van der Waals surface area contributed by atoms with Crippen LogP contribution < -0.4 is 5.32 Å². The maximum Gasteiger partial charge on any atom is 0.0627 e. The Labute approximate surface area is 105 Å². The Kier molecular flexibility index (Phi) is 5.26. The Hall–Kier alpha value is -0.120. The van der Waals surface area contributed by atoms with E-state index in [1.54, 1.807) is 0 Å². The van der Waals surface area contributed by atoms with Crippen molar-refractivity contribution in [3.63, 3.8) is 0 Å². The first-order chi connectivity index (χ1) is 8.31. The number of hydrogen-bond donors (Lipinski definition) is 1. The zero-order valence-corrected chi connectivity index (χ0v) is 11.3. The number of hydrogen-bond acceptors (Lipinski definition) is 3. The van der Waals surface area contributed by atoms with Crippen LogP contribution in [0.15, 0.2) is 0 Å². The molecule has 4 unspecified atom stereocenters. The van der Waals surface area contributed by atoms with Gasteiger partial charge in [-0.2, -0.15) is 0 Å². The van der Waals surface area contributed by atoms with Crippen molar-refractivity contribution in [2.45, 2.75) is 51.2 Å². The van der Waals surface area contributed by atoms with Gasteiger partial charge in [-0.15, -0.1) is 0 Å². The molecule has 0 radical (unpaired) electrons. The van der Waals surface area contributed by atoms with Gasteiger partial charge in [0.25, 0.3) is 0 Å². The second-order valence-electron chi connectivity index (χ2n) is 5.65. The molecule has 1 saturated carbocycles. The van der Waals surface area contributed by atoms with Gasteiger partial charge in [-0.25, -0.2) is 0 Å². The summed E-state index contributed by atoms with van der Waals surface area (Å²) in [4.78, 5) is 0. The maximum absolute atomic E-state index is 6.14. The lowest BCUT2D eigenvalue weighted by molar-refractivity contribution is -0.0214. The van der Waals surface area contributed by atoms with Crippen molar-refractivity contribution in [3.8, 4) is 0 Å². The fourth-order valence-electron chi connectivity index (χ4n) is 3.08. The number of ether oxygens (including phenoxy) is 2. The average Bonchev–Trinajstić information content (AvgIpc) is 2.86. The predicted molar refractivity (Wildman–Crippen MR) is 69.1 cm³/mol. The maximum atomic E-state index is 6.14. The van der Waals surface area contributed by atoms with Gasteiger partial charge in [0.15, 0.2) is 0 Å². The van der Waals surface area contributed by atoms with Crippen LogP contribution in [0.4, 0.5) is 0 Å². The molecule has 3 nitrogen and oxygen atoms in total. The summed E-state index contributed by atoms with van der Waals surface area (Å²) >= 11 is 0. The van der Waals surface area contributed by atoms with Crippen LogP contribution in [-0.4, -0.2) is 39.0 Å². The highest BCUT2D eigenvalue weighted by Crippen LogP contribution is 2.27. The molecule has 0 bridgehead atoms. The lowest BCUT2D eigenvalue weighted by Crippen LogP contribution is -2.40. The van der Waals surface area contributed by atoms with Crippen molar-refractivity contribution < 1.29 is 9.47 Å². The third-order valence-electron chi connectivity index (χ3n) is 4.43. The van der Waals surface area contributed by atoms with E-state index in [0.717, 1.165) is 25.7 Å². The number of nitrogens with one attached hydrogen (secondary N) is 1. The molecule has 0 aromatic carbocycles. The first-order valence-corrected chi connectivity index (χ1v) is 7.18. The van der Waals surface area contributed by atoms with Gasteiger partial charge in [-0.1, -0.05) is 19.8 Å². The number of likely N-dealkylation sites (N-methyl/N-ethyl adjacent to an activating group) is 1. The van der Waals surface area contributed by atoms with E-state index in [0.29, 0.717) is 18.1 Å². The first-order valence-electron chi connectivity index (χ1n) is 7.18. The van der Waals surface area contributed by atoms with Gasteiger partial charge < -0.3 is 14.8 Å². The summed E-state index contributed by atoms with van der Waals surface area (Å²) in [6.45, 7) is 4.99. The standard InChI is InChI=1S/C14H27NO2/c1-11-5-3-4-6-14(11)17-10-13(15-2)12-7-8-16-9-12/h11-15H,3-10H2,1-2H3. The fourth-order valence-corrected chi connectivity index (χ4v) is 3.08. The van der Waals surface area contributed by atoms with Gasteiger partial charge in [-0.3, -0.25) is 0 Å². The van der Waals surface area contributed by atoms with E-state index in [2.05, 4.69) is 12.2 Å². The molecule has 2 aliphatic rings. The van der Waals surface area contributed by atoms with Gasteiger partial charge in [0, 0.05) is 18.6 Å². The molecule has 17 heavy (non-hydrogen) atoms. The Morgan fingerprint density at radius 1 is 1.29 bits per heavy atom. The summed E-state index contributed by atoms with van der Waals surface area (Å²) in [6, 6.07) is 0.464. The van der Waals surface area contributed by atoms with E-state index >= 15 is 0 Å². The third-order valence-corrected chi connectivity index (χ3v) is 4.43. The zero-order chi connectivity index (χ0) is 12.1. The molecule has 0 aromatic rings. The second-order valence-corrected chi connectivity index (χ2v) is 5.65. The van der Waals surface area contributed by atoms with Crippen molar-refractivity contribution in [1.29, 1.82) is 0 Å². The van der Waals surface area contributed by atoms with Crippen LogP contribution >= 0.6 is 0 Å². The number of rotatable bonds is 5. The van der Waals surface area contributed by atoms with Gasteiger partial charge in [0.1, 0.15) is 0 Å². The molecule has 2 rings (SSSR count). The Morgan fingerprint density at radius 3 is 2.76 bits per heavy atom. The molecule has 0 aromatic heterocycles. The van der Waals surface area contributed by atoms with Crippen LogP contribution in [0.3, 0.4) is 0 Å². The molecule has 1 saturated heterocycles. The SMILES string of the molecule is CNC(COC1CCCCC1C)C1CCOC1. The lowest BCUT2D eigenvalue weighted by Gasteiger charge is -2.31. The Balaban J connectivity index is 1.74. The lowest BCUT2D eigenvalue weighted by atomic mass is 9.88. The normalized spacial score (nSPS) is 36.0. The Bertz CT molecular complexity index is 216. The molecular weight excluding hydrogens is 214 g/mol. The van der Waals surface area contributed by atoms with Crippen molar-refractivity contribution in [3.05, 3.63) is 0 Å². The van der Waals surface area contributed by atoms with E-state index in [9.17, 15) is 0 Å². The summed E-state index contributed by atoms with van der Waals surface area (Å²) in [5, 5.41) is 3.39. The van der Waals surface area contributed by atoms with Crippen LogP contribution in [0.25, 0.3) is 0 Å². The van der Waals surface area contributed by atoms with Crippen molar-refractivity contribution in [1.82, 2.24) is 5.32 Å². The van der Waals surface area contributed by atoms with Crippen LogP contribution in [0.1, 0.15) is 39.0 Å². The molecule has 0 amide bonds. The molecular formula is C14H27NO2. The monoisotopic (exact) mass is 241 g/mol. The molecule has 3 heteroatoms. The summed E-state index contributed by atoms with van der Waals surface area (Å²) in [7, 11) is 2.04. The smallest absolute Gasteiger partial charge is 0.0627 e. The molecule has 2 fully saturated rings. The van der Waals surface area contributed by atoms with Crippen LogP contribution in [0.5, 0.6) is 0 Å². The molecule has 0 spiro atoms. The predicted octanol–water partition coefficient (Wildman–Crippen LogP) is 2.21. The molecule has 1 N–H and O–H groups in total. The minimum atomic E-state index is 0.464. The van der Waals surface area contributed by atoms with Crippen molar-refractivity contribution in [2.75, 3.05) is 26.9 Å². The van der Waals surface area contributed by atoms with Gasteiger partial charge in [-0.05, 0) is 32.2 Å². The summed E-state index contributed by atoms with van der Waals surface area (Å²) in [5.41, 5.74) is 0. The topological polar surface area (TPSA) is 30.5 Å². The highest BCUT2D eigenvalue weighted by Gasteiger charge is 2.27. The van der Waals surface area contributed by atoms with Gasteiger partial charge >= 0.3 is 0 Å². The minimum Gasteiger partial charge on any atom is -0.381 e. The highest BCUT2D eigenvalue weighted by molar-refractivity contribution is 4.80. The van der Waals surface area contributed by atoms with E-state index in [-0.39, 0.29) is 0 Å². The molecule has 1 aliphatic carbocycles. The molecule has 1 heterocycles. The summed E-state index contributed by atoms with van der Waals surface area (Å²) in [5.74, 6) is 1.37. The first kappa shape index (κ1) is 13.3.